The fourth-order valence-electron chi connectivity index (χ4n) is 1.44. The van der Waals surface area contributed by atoms with Gasteiger partial charge in [0.25, 0.3) is 5.91 Å². The summed E-state index contributed by atoms with van der Waals surface area (Å²) in [5, 5.41) is 11.6. The molecule has 1 heterocycles. The normalized spacial score (nSPS) is 10.4. The van der Waals surface area contributed by atoms with Gasteiger partial charge in [0.05, 0.1) is 5.56 Å². The third-order valence-corrected chi connectivity index (χ3v) is 2.32. The highest BCUT2D eigenvalue weighted by molar-refractivity contribution is 6.03. The Morgan fingerprint density at radius 2 is 2.17 bits per heavy atom. The van der Waals surface area contributed by atoms with Crippen molar-refractivity contribution in [3.05, 3.63) is 29.6 Å². The summed E-state index contributed by atoms with van der Waals surface area (Å²) in [4.78, 5) is 28.5. The van der Waals surface area contributed by atoms with Gasteiger partial charge in [0.2, 0.25) is 0 Å². The van der Waals surface area contributed by atoms with Crippen LogP contribution < -0.4 is 5.32 Å². The van der Waals surface area contributed by atoms with Gasteiger partial charge in [-0.25, -0.2) is 4.79 Å². The third-order valence-electron chi connectivity index (χ3n) is 2.32. The Labute approximate surface area is 106 Å². The number of aromatic nitrogens is 1. The Morgan fingerprint density at radius 1 is 1.44 bits per heavy atom. The zero-order valence-electron chi connectivity index (χ0n) is 10.5. The number of amides is 1. The van der Waals surface area contributed by atoms with E-state index in [1.165, 1.54) is 18.3 Å². The van der Waals surface area contributed by atoms with E-state index in [1.807, 2.05) is 19.0 Å². The molecule has 1 rings (SSSR count). The lowest BCUT2D eigenvalue weighted by Gasteiger charge is -2.10. The van der Waals surface area contributed by atoms with Crippen LogP contribution in [0.2, 0.25) is 0 Å². The maximum Gasteiger partial charge on any atom is 0.338 e. The molecular formula is C12H17N3O3. The molecule has 6 nitrogen and oxygen atoms in total. The van der Waals surface area contributed by atoms with E-state index in [2.05, 4.69) is 10.3 Å². The molecule has 0 fully saturated rings. The van der Waals surface area contributed by atoms with Crippen LogP contribution in [0.4, 0.5) is 0 Å². The molecule has 0 unspecified atom stereocenters. The molecule has 0 aliphatic carbocycles. The number of nitrogens with one attached hydrogen (secondary N) is 1. The Hall–Kier alpha value is -1.95. The van der Waals surface area contributed by atoms with Gasteiger partial charge in [0, 0.05) is 12.7 Å². The highest BCUT2D eigenvalue weighted by Gasteiger charge is 2.16. The van der Waals surface area contributed by atoms with Crippen molar-refractivity contribution in [3.63, 3.8) is 0 Å². The van der Waals surface area contributed by atoms with E-state index < -0.39 is 11.9 Å². The molecular weight excluding hydrogens is 234 g/mol. The van der Waals surface area contributed by atoms with Crippen LogP contribution in [0.3, 0.4) is 0 Å². The number of hydrogen-bond donors (Lipinski definition) is 2. The minimum Gasteiger partial charge on any atom is -0.478 e. The van der Waals surface area contributed by atoms with Gasteiger partial charge < -0.3 is 15.3 Å². The summed E-state index contributed by atoms with van der Waals surface area (Å²) >= 11 is 0. The molecule has 0 bridgehead atoms. The zero-order valence-corrected chi connectivity index (χ0v) is 10.5. The second kappa shape index (κ2) is 6.70. The minimum atomic E-state index is -1.15. The van der Waals surface area contributed by atoms with Crippen LogP contribution in [-0.4, -0.2) is 54.1 Å². The molecule has 0 aromatic carbocycles. The van der Waals surface area contributed by atoms with Crippen molar-refractivity contribution in [2.45, 2.75) is 6.42 Å². The average molecular weight is 251 g/mol. The molecule has 1 amide bonds. The lowest BCUT2D eigenvalue weighted by Crippen LogP contribution is -2.29. The van der Waals surface area contributed by atoms with Crippen LogP contribution in [-0.2, 0) is 0 Å². The van der Waals surface area contributed by atoms with Crippen molar-refractivity contribution in [3.8, 4) is 0 Å². The first-order valence-corrected chi connectivity index (χ1v) is 5.63. The summed E-state index contributed by atoms with van der Waals surface area (Å²) in [6.07, 6.45) is 2.20. The zero-order chi connectivity index (χ0) is 13.5. The van der Waals surface area contributed by atoms with Crippen LogP contribution >= 0.6 is 0 Å². The number of aromatic carboxylic acids is 1. The molecule has 0 atom stereocenters. The molecule has 0 aliphatic heterocycles. The summed E-state index contributed by atoms with van der Waals surface area (Å²) in [6.45, 7) is 1.35. The van der Waals surface area contributed by atoms with E-state index in [4.69, 9.17) is 5.11 Å². The fourth-order valence-corrected chi connectivity index (χ4v) is 1.44. The number of carboxylic acids is 1. The van der Waals surface area contributed by atoms with Crippen LogP contribution in [0, 0.1) is 0 Å². The molecule has 2 N–H and O–H groups in total. The number of carbonyl (C=O) groups is 2. The Kier molecular flexibility index (Phi) is 5.26. The smallest absolute Gasteiger partial charge is 0.338 e. The Balaban J connectivity index is 2.59. The van der Waals surface area contributed by atoms with Gasteiger partial charge in [0.15, 0.2) is 0 Å². The number of hydrogen-bond acceptors (Lipinski definition) is 4. The van der Waals surface area contributed by atoms with E-state index in [1.54, 1.807) is 0 Å². The number of nitrogens with zero attached hydrogens (tertiary/aromatic N) is 2. The summed E-state index contributed by atoms with van der Waals surface area (Å²) in [7, 11) is 3.90. The first kappa shape index (κ1) is 14.1. The maximum atomic E-state index is 11.8. The van der Waals surface area contributed by atoms with E-state index in [0.29, 0.717) is 6.54 Å². The highest BCUT2D eigenvalue weighted by Crippen LogP contribution is 2.04. The van der Waals surface area contributed by atoms with Crippen molar-refractivity contribution in [1.82, 2.24) is 15.2 Å². The molecule has 0 saturated carbocycles. The second-order valence-electron chi connectivity index (χ2n) is 4.12. The van der Waals surface area contributed by atoms with Crippen molar-refractivity contribution >= 4 is 11.9 Å². The molecule has 98 valence electrons. The lowest BCUT2D eigenvalue weighted by atomic mass is 10.2. The predicted molar refractivity (Wildman–Crippen MR) is 66.7 cm³/mol. The van der Waals surface area contributed by atoms with Crippen molar-refractivity contribution in [2.75, 3.05) is 27.2 Å². The largest absolute Gasteiger partial charge is 0.478 e. The van der Waals surface area contributed by atoms with Gasteiger partial charge in [-0.15, -0.1) is 0 Å². The number of carbonyl (C=O) groups excluding carboxylic acids is 1. The van der Waals surface area contributed by atoms with Crippen LogP contribution in [0.1, 0.15) is 27.3 Å². The predicted octanol–water partition coefficient (Wildman–Crippen LogP) is 0.461. The highest BCUT2D eigenvalue weighted by atomic mass is 16.4. The van der Waals surface area contributed by atoms with E-state index >= 15 is 0 Å². The molecule has 0 radical (unpaired) electrons. The molecule has 6 heteroatoms. The summed E-state index contributed by atoms with van der Waals surface area (Å²) < 4.78 is 0. The van der Waals surface area contributed by atoms with Gasteiger partial charge in [-0.2, -0.15) is 0 Å². The van der Waals surface area contributed by atoms with E-state index in [9.17, 15) is 9.59 Å². The van der Waals surface area contributed by atoms with Crippen LogP contribution in [0.25, 0.3) is 0 Å². The molecule has 18 heavy (non-hydrogen) atoms. The monoisotopic (exact) mass is 251 g/mol. The second-order valence-corrected chi connectivity index (χ2v) is 4.12. The first-order chi connectivity index (χ1) is 8.52. The average Bonchev–Trinajstić information content (AvgIpc) is 2.34. The topological polar surface area (TPSA) is 82.5 Å². The van der Waals surface area contributed by atoms with Crippen molar-refractivity contribution in [1.29, 1.82) is 0 Å². The maximum absolute atomic E-state index is 11.8. The Bertz CT molecular complexity index is 432. The Morgan fingerprint density at radius 3 is 2.78 bits per heavy atom. The SMILES string of the molecule is CN(C)CCCNC(=O)c1ncccc1C(=O)O. The number of rotatable bonds is 6. The number of carboxylic acid groups (broad SMARTS) is 1. The third kappa shape index (κ3) is 4.14. The number of pyridine rings is 1. The van der Waals surface area contributed by atoms with Gasteiger partial charge in [-0.3, -0.25) is 9.78 Å². The molecule has 0 aliphatic rings. The van der Waals surface area contributed by atoms with Crippen molar-refractivity contribution < 1.29 is 14.7 Å². The van der Waals surface area contributed by atoms with Crippen LogP contribution in [0.5, 0.6) is 0 Å². The summed E-state index contributed by atoms with van der Waals surface area (Å²) in [5.74, 6) is -1.60. The van der Waals surface area contributed by atoms with E-state index in [0.717, 1.165) is 13.0 Å². The molecule has 1 aromatic heterocycles. The quantitative estimate of drug-likeness (QED) is 0.718. The van der Waals surface area contributed by atoms with Gasteiger partial charge >= 0.3 is 5.97 Å². The fraction of sp³-hybridized carbons (Fsp3) is 0.417. The lowest BCUT2D eigenvalue weighted by molar-refractivity contribution is 0.0690. The first-order valence-electron chi connectivity index (χ1n) is 5.63. The van der Waals surface area contributed by atoms with Crippen LogP contribution in [0.15, 0.2) is 18.3 Å². The minimum absolute atomic E-state index is 0.0464. The standard InChI is InChI=1S/C12H17N3O3/c1-15(2)8-4-7-14-11(16)10-9(12(17)18)5-3-6-13-10/h3,5-6H,4,7-8H2,1-2H3,(H,14,16)(H,17,18). The molecule has 0 spiro atoms. The van der Waals surface area contributed by atoms with Gasteiger partial charge in [0.1, 0.15) is 5.69 Å². The van der Waals surface area contributed by atoms with E-state index in [-0.39, 0.29) is 11.3 Å². The molecule has 0 saturated heterocycles. The summed E-state index contributed by atoms with van der Waals surface area (Å²) in [6, 6.07) is 2.86. The summed E-state index contributed by atoms with van der Waals surface area (Å²) in [5.41, 5.74) is -0.127. The van der Waals surface area contributed by atoms with Crippen molar-refractivity contribution in [2.24, 2.45) is 0 Å². The van der Waals surface area contributed by atoms with Gasteiger partial charge in [-0.1, -0.05) is 0 Å². The van der Waals surface area contributed by atoms with Gasteiger partial charge in [-0.05, 0) is 39.2 Å². The molecule has 1 aromatic rings.